The summed E-state index contributed by atoms with van der Waals surface area (Å²) in [6.45, 7) is 7.08. The molecular weight excluding hydrogens is 270 g/mol. The van der Waals surface area contributed by atoms with E-state index in [1.54, 1.807) is 27.9 Å². The first-order valence-corrected chi connectivity index (χ1v) is 6.96. The Kier molecular flexibility index (Phi) is 4.59. The van der Waals surface area contributed by atoms with Crippen LogP contribution in [0, 0.1) is 0 Å². The fraction of sp³-hybridized carbons (Fsp3) is 0.462. The monoisotopic (exact) mass is 291 g/mol. The Morgan fingerprint density at radius 3 is 2.81 bits per heavy atom. The number of rotatable bonds is 6. The van der Waals surface area contributed by atoms with Gasteiger partial charge in [-0.25, -0.2) is 15.8 Å². The molecule has 2 heterocycles. The Hall–Kier alpha value is -2.35. The highest BCUT2D eigenvalue weighted by Crippen LogP contribution is 2.17. The lowest BCUT2D eigenvalue weighted by molar-refractivity contribution is -0.131. The van der Waals surface area contributed by atoms with E-state index in [-0.39, 0.29) is 5.91 Å². The van der Waals surface area contributed by atoms with Crippen molar-refractivity contribution in [3.8, 4) is 0 Å². The summed E-state index contributed by atoms with van der Waals surface area (Å²) in [4.78, 5) is 22.6. The van der Waals surface area contributed by atoms with E-state index in [0.717, 1.165) is 0 Å². The van der Waals surface area contributed by atoms with Crippen molar-refractivity contribution in [3.05, 3.63) is 18.6 Å². The molecular formula is C13H21N7O. The second kappa shape index (κ2) is 6.40. The van der Waals surface area contributed by atoms with Gasteiger partial charge in [0.2, 0.25) is 5.91 Å². The molecule has 1 atom stereocenters. The number of amides is 1. The van der Waals surface area contributed by atoms with E-state index in [2.05, 4.69) is 20.7 Å². The van der Waals surface area contributed by atoms with Crippen LogP contribution in [0.25, 0.3) is 5.65 Å². The number of fused-ring (bicyclic) bond motifs is 1. The van der Waals surface area contributed by atoms with Gasteiger partial charge in [0.1, 0.15) is 6.04 Å². The molecule has 0 saturated carbocycles. The summed E-state index contributed by atoms with van der Waals surface area (Å²) in [6.07, 6.45) is 5.18. The van der Waals surface area contributed by atoms with Crippen molar-refractivity contribution >= 4 is 23.2 Å². The van der Waals surface area contributed by atoms with Crippen LogP contribution in [0.2, 0.25) is 0 Å². The zero-order valence-corrected chi connectivity index (χ0v) is 12.5. The zero-order chi connectivity index (χ0) is 15.4. The van der Waals surface area contributed by atoms with E-state index >= 15 is 0 Å². The molecule has 0 radical (unpaired) electrons. The summed E-state index contributed by atoms with van der Waals surface area (Å²) in [5, 5.41) is 3.11. The lowest BCUT2D eigenvalue weighted by Crippen LogP contribution is -2.41. The first kappa shape index (κ1) is 15.0. The minimum Gasteiger partial charge on any atom is -0.355 e. The minimum absolute atomic E-state index is 0.0256. The van der Waals surface area contributed by atoms with Gasteiger partial charge in [-0.15, -0.1) is 0 Å². The first-order chi connectivity index (χ1) is 10.1. The molecule has 2 aromatic rings. The Balaban J connectivity index is 2.26. The number of hydrogen-bond acceptors (Lipinski definition) is 6. The summed E-state index contributed by atoms with van der Waals surface area (Å²) in [5.41, 5.74) is 3.15. The van der Waals surface area contributed by atoms with Crippen LogP contribution in [-0.2, 0) is 4.79 Å². The first-order valence-electron chi connectivity index (χ1n) is 6.96. The van der Waals surface area contributed by atoms with Gasteiger partial charge in [0.05, 0.1) is 6.20 Å². The Morgan fingerprint density at radius 2 is 2.19 bits per heavy atom. The highest BCUT2D eigenvalue weighted by atomic mass is 16.2. The van der Waals surface area contributed by atoms with Gasteiger partial charge >= 0.3 is 0 Å². The number of nitrogens with zero attached hydrogens (tertiary/aromatic N) is 4. The maximum absolute atomic E-state index is 12.3. The third-order valence-corrected chi connectivity index (χ3v) is 3.32. The molecule has 0 bridgehead atoms. The Morgan fingerprint density at radius 1 is 1.48 bits per heavy atom. The van der Waals surface area contributed by atoms with Crippen LogP contribution in [-0.4, -0.2) is 44.3 Å². The second-order valence-corrected chi connectivity index (χ2v) is 4.65. The van der Waals surface area contributed by atoms with Gasteiger partial charge in [0.15, 0.2) is 17.3 Å². The quantitative estimate of drug-likeness (QED) is 0.534. The van der Waals surface area contributed by atoms with Crippen LogP contribution in [0.1, 0.15) is 20.8 Å². The molecule has 8 heteroatoms. The van der Waals surface area contributed by atoms with Crippen molar-refractivity contribution in [1.82, 2.24) is 19.3 Å². The molecule has 0 aliphatic rings. The fourth-order valence-corrected chi connectivity index (χ4v) is 2.17. The molecule has 0 aliphatic carbocycles. The Bertz CT molecular complexity index is 620. The maximum atomic E-state index is 12.3. The number of nitrogens with two attached hydrogens (primary N) is 1. The average Bonchev–Trinajstić information content (AvgIpc) is 2.96. The van der Waals surface area contributed by atoms with Crippen LogP contribution >= 0.6 is 0 Å². The number of hydrazine groups is 1. The second-order valence-electron chi connectivity index (χ2n) is 4.65. The van der Waals surface area contributed by atoms with Gasteiger partial charge in [-0.05, 0) is 20.8 Å². The van der Waals surface area contributed by atoms with Crippen molar-refractivity contribution in [1.29, 1.82) is 0 Å². The number of imidazole rings is 1. The molecule has 0 aromatic carbocycles. The van der Waals surface area contributed by atoms with Crippen molar-refractivity contribution in [2.45, 2.75) is 26.8 Å². The molecule has 0 aliphatic heterocycles. The number of hydrogen-bond donors (Lipinski definition) is 3. The molecule has 2 aromatic heterocycles. The van der Waals surface area contributed by atoms with Gasteiger partial charge < -0.3 is 20.0 Å². The molecule has 8 nitrogen and oxygen atoms in total. The largest absolute Gasteiger partial charge is 0.355 e. The van der Waals surface area contributed by atoms with E-state index in [9.17, 15) is 4.79 Å². The normalized spacial score (nSPS) is 12.2. The van der Waals surface area contributed by atoms with Crippen LogP contribution in [0.15, 0.2) is 18.6 Å². The lowest BCUT2D eigenvalue weighted by Gasteiger charge is -2.23. The predicted octanol–water partition coefficient (Wildman–Crippen LogP) is 0.684. The fourth-order valence-electron chi connectivity index (χ4n) is 2.17. The molecule has 4 N–H and O–H groups in total. The van der Waals surface area contributed by atoms with Crippen LogP contribution in [0.3, 0.4) is 0 Å². The number of carbonyl (C=O) groups excluding carboxylic acids is 1. The SMILES string of the molecule is CCN(CC)C(=O)C(C)Nc1nc(NN)cn2ccnc12. The summed E-state index contributed by atoms with van der Waals surface area (Å²) in [6, 6.07) is -0.397. The molecule has 114 valence electrons. The lowest BCUT2D eigenvalue weighted by atomic mass is 10.2. The minimum atomic E-state index is -0.397. The number of likely N-dealkylation sites (N-methyl/N-ethyl adjacent to an activating group) is 1. The van der Waals surface area contributed by atoms with Gasteiger partial charge in [0, 0.05) is 25.5 Å². The van der Waals surface area contributed by atoms with E-state index < -0.39 is 6.04 Å². The number of nitrogens with one attached hydrogen (secondary N) is 2. The highest BCUT2D eigenvalue weighted by molar-refractivity contribution is 5.85. The van der Waals surface area contributed by atoms with Gasteiger partial charge in [0.25, 0.3) is 0 Å². The smallest absolute Gasteiger partial charge is 0.244 e. The topological polar surface area (TPSA) is 101 Å². The van der Waals surface area contributed by atoms with E-state index in [1.165, 1.54) is 0 Å². The molecule has 0 fully saturated rings. The summed E-state index contributed by atoms with van der Waals surface area (Å²) in [7, 11) is 0. The van der Waals surface area contributed by atoms with E-state index in [1.807, 2.05) is 20.8 Å². The zero-order valence-electron chi connectivity index (χ0n) is 12.5. The van der Waals surface area contributed by atoms with Crippen molar-refractivity contribution in [3.63, 3.8) is 0 Å². The van der Waals surface area contributed by atoms with Gasteiger partial charge in [-0.1, -0.05) is 0 Å². The van der Waals surface area contributed by atoms with Crippen LogP contribution in [0.4, 0.5) is 11.6 Å². The number of aromatic nitrogens is 3. The summed E-state index contributed by atoms with van der Waals surface area (Å²) in [5.74, 6) is 6.45. The van der Waals surface area contributed by atoms with Crippen LogP contribution < -0.4 is 16.6 Å². The highest BCUT2D eigenvalue weighted by Gasteiger charge is 2.20. The molecule has 1 amide bonds. The third kappa shape index (κ3) is 3.05. The number of nitrogen functional groups attached to an aromatic ring is 1. The van der Waals surface area contributed by atoms with Gasteiger partial charge in [-0.2, -0.15) is 0 Å². The molecule has 21 heavy (non-hydrogen) atoms. The third-order valence-electron chi connectivity index (χ3n) is 3.32. The standard InChI is InChI=1S/C13H21N7O/c1-4-19(5-2)13(21)9(3)16-11-12-15-6-7-20(12)8-10(17-11)18-14/h6-9,18H,4-5,14H2,1-3H3,(H,16,17). The number of carbonyl (C=O) groups is 1. The maximum Gasteiger partial charge on any atom is 0.244 e. The van der Waals surface area contributed by atoms with Gasteiger partial charge in [-0.3, -0.25) is 4.79 Å². The average molecular weight is 291 g/mol. The molecule has 0 saturated heterocycles. The van der Waals surface area contributed by atoms with E-state index in [4.69, 9.17) is 5.84 Å². The summed E-state index contributed by atoms with van der Waals surface area (Å²) >= 11 is 0. The molecule has 1 unspecified atom stereocenters. The molecule has 0 spiro atoms. The van der Waals surface area contributed by atoms with Crippen molar-refractivity contribution in [2.24, 2.45) is 5.84 Å². The van der Waals surface area contributed by atoms with Crippen molar-refractivity contribution < 1.29 is 4.79 Å². The molecule has 2 rings (SSSR count). The van der Waals surface area contributed by atoms with Crippen molar-refractivity contribution in [2.75, 3.05) is 23.8 Å². The van der Waals surface area contributed by atoms with E-state index in [0.29, 0.717) is 30.4 Å². The predicted molar refractivity (Wildman–Crippen MR) is 81.8 cm³/mol. The number of anilines is 2. The summed E-state index contributed by atoms with van der Waals surface area (Å²) < 4.78 is 1.79. The Labute approximate surface area is 123 Å². The van der Waals surface area contributed by atoms with Crippen LogP contribution in [0.5, 0.6) is 0 Å².